The quantitative estimate of drug-likeness (QED) is 0.295. The highest BCUT2D eigenvalue weighted by atomic mass is 19.1. The normalized spacial score (nSPS) is 17.5. The molecule has 0 radical (unpaired) electrons. The Bertz CT molecular complexity index is 1930. The molecule has 0 bridgehead atoms. The molecule has 5 aromatic rings. The van der Waals surface area contributed by atoms with Crippen molar-refractivity contribution >= 4 is 34.3 Å². The third-order valence-corrected chi connectivity index (χ3v) is 7.80. The standard InChI is InChI=1S/C30H25FN10O/c1-30(18-11-8-17(9-12-18)10-13-23-34-16-35-39-23)24-26(32)36-28(37-27(24)38-29(30)42)25-19-5-2-3-7-22(19)41(40-25)15-21-20(31)6-4-14-33-21/h2-9,11-12,14H,10,13,15-16H2,1H3,(H3,32,36,37,38,42)/t30-/m0/s1. The van der Waals surface area contributed by atoms with Gasteiger partial charge in [0, 0.05) is 18.0 Å². The van der Waals surface area contributed by atoms with E-state index in [0.29, 0.717) is 30.2 Å². The zero-order chi connectivity index (χ0) is 28.8. The molecule has 208 valence electrons. The lowest BCUT2D eigenvalue weighted by Crippen LogP contribution is -2.33. The topological polar surface area (TPSA) is 149 Å². The number of hydrogen-bond donors (Lipinski definition) is 2. The summed E-state index contributed by atoms with van der Waals surface area (Å²) >= 11 is 0. The Hall–Kier alpha value is -5.39. The van der Waals surface area contributed by atoms with Crippen molar-refractivity contribution in [1.82, 2.24) is 24.7 Å². The third-order valence-electron chi connectivity index (χ3n) is 7.80. The van der Waals surface area contributed by atoms with Crippen molar-refractivity contribution in [3.05, 3.63) is 95.1 Å². The summed E-state index contributed by atoms with van der Waals surface area (Å²) in [5.41, 5.74) is 9.35. The van der Waals surface area contributed by atoms with E-state index in [1.807, 2.05) is 55.5 Å². The number of pyridine rings is 1. The van der Waals surface area contributed by atoms with E-state index >= 15 is 0 Å². The molecule has 7 rings (SSSR count). The maximum atomic E-state index is 14.4. The van der Waals surface area contributed by atoms with Crippen LogP contribution in [0.1, 0.15) is 35.7 Å². The molecule has 0 saturated carbocycles. The first kappa shape index (κ1) is 25.6. The van der Waals surface area contributed by atoms with E-state index < -0.39 is 11.2 Å². The fourth-order valence-corrected chi connectivity index (χ4v) is 5.53. The number of amides is 1. The number of carbonyl (C=O) groups excluding carboxylic acids is 1. The molecular formula is C30H25FN10O. The highest BCUT2D eigenvalue weighted by Crippen LogP contribution is 2.45. The zero-order valence-corrected chi connectivity index (χ0v) is 22.6. The Morgan fingerprint density at radius 3 is 2.67 bits per heavy atom. The average molecular weight is 561 g/mol. The molecule has 0 fully saturated rings. The second-order valence-electron chi connectivity index (χ2n) is 10.3. The predicted octanol–water partition coefficient (Wildman–Crippen LogP) is 4.67. The van der Waals surface area contributed by atoms with Crippen LogP contribution in [0.15, 0.2) is 82.1 Å². The van der Waals surface area contributed by atoms with Crippen molar-refractivity contribution in [3.63, 3.8) is 0 Å². The number of anilines is 2. The lowest BCUT2D eigenvalue weighted by molar-refractivity contribution is -0.119. The summed E-state index contributed by atoms with van der Waals surface area (Å²) in [6, 6.07) is 18.3. The van der Waals surface area contributed by atoms with Crippen LogP contribution in [0.5, 0.6) is 0 Å². The smallest absolute Gasteiger partial charge is 0.240 e. The molecule has 3 N–H and O–H groups in total. The highest BCUT2D eigenvalue weighted by molar-refractivity contribution is 6.09. The molecule has 5 heterocycles. The number of amidine groups is 1. The van der Waals surface area contributed by atoms with E-state index in [1.165, 1.54) is 6.07 Å². The number of azo groups is 1. The van der Waals surface area contributed by atoms with E-state index in [4.69, 9.17) is 15.8 Å². The van der Waals surface area contributed by atoms with Gasteiger partial charge in [-0.15, -0.1) is 5.11 Å². The number of nitrogens with one attached hydrogen (secondary N) is 1. The molecule has 2 aromatic carbocycles. The van der Waals surface area contributed by atoms with Gasteiger partial charge in [-0.1, -0.05) is 42.5 Å². The first-order valence-corrected chi connectivity index (χ1v) is 13.5. The molecule has 2 aliphatic heterocycles. The summed E-state index contributed by atoms with van der Waals surface area (Å²) in [6.45, 7) is 2.34. The van der Waals surface area contributed by atoms with E-state index in [0.717, 1.165) is 34.3 Å². The maximum absolute atomic E-state index is 14.4. The van der Waals surface area contributed by atoms with Crippen LogP contribution in [0.3, 0.4) is 0 Å². The van der Waals surface area contributed by atoms with E-state index in [1.54, 1.807) is 16.9 Å². The summed E-state index contributed by atoms with van der Waals surface area (Å²) in [5, 5.41) is 16.3. The van der Waals surface area contributed by atoms with Gasteiger partial charge in [0.05, 0.1) is 23.3 Å². The van der Waals surface area contributed by atoms with Crippen molar-refractivity contribution in [3.8, 4) is 11.5 Å². The third kappa shape index (κ3) is 4.19. The number of aliphatic imine (C=N–C) groups is 1. The second-order valence-corrected chi connectivity index (χ2v) is 10.3. The molecule has 0 saturated heterocycles. The van der Waals surface area contributed by atoms with Gasteiger partial charge in [-0.3, -0.25) is 14.5 Å². The van der Waals surface area contributed by atoms with E-state index in [9.17, 15) is 9.18 Å². The van der Waals surface area contributed by atoms with Crippen LogP contribution >= 0.6 is 0 Å². The van der Waals surface area contributed by atoms with Crippen LogP contribution < -0.4 is 11.1 Å². The number of carbonyl (C=O) groups is 1. The van der Waals surface area contributed by atoms with Gasteiger partial charge in [0.1, 0.15) is 34.4 Å². The number of halogens is 1. The van der Waals surface area contributed by atoms with Gasteiger partial charge in [0.15, 0.2) is 12.5 Å². The van der Waals surface area contributed by atoms with Crippen LogP contribution in [-0.2, 0) is 23.2 Å². The van der Waals surface area contributed by atoms with Gasteiger partial charge < -0.3 is 11.1 Å². The number of nitrogen functional groups attached to an aromatic ring is 1. The fourth-order valence-electron chi connectivity index (χ4n) is 5.53. The molecule has 12 heteroatoms. The Labute approximate surface area is 239 Å². The molecule has 1 amide bonds. The van der Waals surface area contributed by atoms with Gasteiger partial charge in [-0.05, 0) is 42.7 Å². The summed E-state index contributed by atoms with van der Waals surface area (Å²) in [6.07, 6.45) is 3.01. The number of para-hydroxylation sites is 1. The van der Waals surface area contributed by atoms with Crippen LogP contribution in [0.25, 0.3) is 22.4 Å². The summed E-state index contributed by atoms with van der Waals surface area (Å²) in [7, 11) is 0. The van der Waals surface area contributed by atoms with Crippen molar-refractivity contribution in [2.75, 3.05) is 17.7 Å². The van der Waals surface area contributed by atoms with E-state index in [2.05, 4.69) is 30.5 Å². The van der Waals surface area contributed by atoms with E-state index in [-0.39, 0.29) is 29.8 Å². The number of aromatic nitrogens is 5. The van der Waals surface area contributed by atoms with Crippen LogP contribution in [0.4, 0.5) is 16.0 Å². The number of rotatable bonds is 7. The van der Waals surface area contributed by atoms with Crippen LogP contribution in [-0.4, -0.2) is 43.1 Å². The lowest BCUT2D eigenvalue weighted by atomic mass is 9.77. The first-order chi connectivity index (χ1) is 20.4. The molecule has 42 heavy (non-hydrogen) atoms. The summed E-state index contributed by atoms with van der Waals surface area (Å²) < 4.78 is 16.0. The van der Waals surface area contributed by atoms with Gasteiger partial charge in [0.25, 0.3) is 0 Å². The minimum atomic E-state index is -1.09. The average Bonchev–Trinajstić information content (AvgIpc) is 3.71. The SMILES string of the molecule is C[C@@]1(c2ccc(CCC3=NCN=N3)cc2)C(=O)Nc2nc(-c3nn(Cc4ncccc4F)c4ccccc34)nc(N)c21. The van der Waals surface area contributed by atoms with Gasteiger partial charge >= 0.3 is 0 Å². The van der Waals surface area contributed by atoms with Gasteiger partial charge in [-0.25, -0.2) is 19.4 Å². The largest absolute Gasteiger partial charge is 0.383 e. The number of aryl methyl sites for hydroxylation is 1. The molecule has 0 unspecified atom stereocenters. The summed E-state index contributed by atoms with van der Waals surface area (Å²) in [4.78, 5) is 31.2. The first-order valence-electron chi connectivity index (χ1n) is 13.5. The Morgan fingerprint density at radius 2 is 1.88 bits per heavy atom. The molecule has 1 atom stereocenters. The molecule has 0 spiro atoms. The Morgan fingerprint density at radius 1 is 1.05 bits per heavy atom. The van der Waals surface area contributed by atoms with Crippen molar-refractivity contribution < 1.29 is 9.18 Å². The molecule has 11 nitrogen and oxygen atoms in total. The van der Waals surface area contributed by atoms with Crippen molar-refractivity contribution in [2.24, 2.45) is 15.2 Å². The molecule has 3 aromatic heterocycles. The Kier molecular flexibility index (Phi) is 6.03. The van der Waals surface area contributed by atoms with Gasteiger partial charge in [-0.2, -0.15) is 10.2 Å². The maximum Gasteiger partial charge on any atom is 0.240 e. The van der Waals surface area contributed by atoms with Crippen LogP contribution in [0, 0.1) is 5.82 Å². The fraction of sp³-hybridized carbons (Fsp3) is 0.200. The highest BCUT2D eigenvalue weighted by Gasteiger charge is 2.47. The minimum absolute atomic E-state index is 0.122. The number of nitrogens with two attached hydrogens (primary N) is 1. The lowest BCUT2D eigenvalue weighted by Gasteiger charge is -2.23. The number of benzene rings is 2. The molecule has 0 aliphatic carbocycles. The van der Waals surface area contributed by atoms with Crippen molar-refractivity contribution in [2.45, 2.75) is 31.7 Å². The number of fused-ring (bicyclic) bond motifs is 2. The monoisotopic (exact) mass is 560 g/mol. The Balaban J connectivity index is 1.23. The summed E-state index contributed by atoms with van der Waals surface area (Å²) in [5.74, 6) is 0.866. The molecule has 2 aliphatic rings. The number of nitrogens with zero attached hydrogens (tertiary/aromatic N) is 8. The second kappa shape index (κ2) is 9.91. The zero-order valence-electron chi connectivity index (χ0n) is 22.6. The van der Waals surface area contributed by atoms with Crippen molar-refractivity contribution in [1.29, 1.82) is 0 Å². The van der Waals surface area contributed by atoms with Gasteiger partial charge in [0.2, 0.25) is 5.91 Å². The number of hydrogen-bond acceptors (Lipinski definition) is 9. The predicted molar refractivity (Wildman–Crippen MR) is 155 cm³/mol. The minimum Gasteiger partial charge on any atom is -0.383 e. The molecular weight excluding hydrogens is 535 g/mol. The van der Waals surface area contributed by atoms with Crippen LogP contribution in [0.2, 0.25) is 0 Å².